The Kier molecular flexibility index (Phi) is 4.44. The van der Waals surface area contributed by atoms with Crippen LogP contribution in [0.3, 0.4) is 0 Å². The lowest BCUT2D eigenvalue weighted by Crippen LogP contribution is -2.07. The summed E-state index contributed by atoms with van der Waals surface area (Å²) < 4.78 is 57.1. The van der Waals surface area contributed by atoms with Crippen molar-refractivity contribution in [1.29, 1.82) is 0 Å². The standard InChI is InChI=1S/C17H16F4O/c1-10(2)15-8-11(17(19,20)21)4-6-13(15)14-7-5-12(18)9-16(14)22-3/h4-10H,1-3H3. The van der Waals surface area contributed by atoms with Crippen LogP contribution in [-0.2, 0) is 6.18 Å². The van der Waals surface area contributed by atoms with Crippen molar-refractivity contribution in [3.63, 3.8) is 0 Å². The van der Waals surface area contributed by atoms with Crippen molar-refractivity contribution in [2.75, 3.05) is 7.11 Å². The summed E-state index contributed by atoms with van der Waals surface area (Å²) >= 11 is 0. The third-order valence-corrected chi connectivity index (χ3v) is 3.45. The second kappa shape index (κ2) is 5.99. The van der Waals surface area contributed by atoms with Gasteiger partial charge in [0, 0.05) is 11.6 Å². The highest BCUT2D eigenvalue weighted by atomic mass is 19.4. The number of benzene rings is 2. The molecule has 5 heteroatoms. The van der Waals surface area contributed by atoms with Crippen molar-refractivity contribution in [1.82, 2.24) is 0 Å². The van der Waals surface area contributed by atoms with Crippen LogP contribution in [0, 0.1) is 5.82 Å². The first kappa shape index (κ1) is 16.3. The van der Waals surface area contributed by atoms with E-state index in [0.29, 0.717) is 22.4 Å². The van der Waals surface area contributed by atoms with Crippen molar-refractivity contribution >= 4 is 0 Å². The minimum absolute atomic E-state index is 0.118. The molecule has 0 fully saturated rings. The van der Waals surface area contributed by atoms with E-state index in [1.165, 1.54) is 31.4 Å². The van der Waals surface area contributed by atoms with Crippen molar-refractivity contribution in [3.05, 3.63) is 53.3 Å². The number of methoxy groups -OCH3 is 1. The van der Waals surface area contributed by atoms with Gasteiger partial charge < -0.3 is 4.74 Å². The number of ether oxygens (including phenoxy) is 1. The Labute approximate surface area is 126 Å². The minimum Gasteiger partial charge on any atom is -0.496 e. The molecule has 118 valence electrons. The van der Waals surface area contributed by atoms with E-state index < -0.39 is 17.6 Å². The van der Waals surface area contributed by atoms with Crippen LogP contribution >= 0.6 is 0 Å². The summed E-state index contributed by atoms with van der Waals surface area (Å²) in [6, 6.07) is 7.58. The molecule has 0 bridgehead atoms. The lowest BCUT2D eigenvalue weighted by molar-refractivity contribution is -0.137. The molecular weight excluding hydrogens is 296 g/mol. The number of rotatable bonds is 3. The first-order valence-corrected chi connectivity index (χ1v) is 6.79. The maximum absolute atomic E-state index is 13.3. The van der Waals surface area contributed by atoms with Gasteiger partial charge in [-0.1, -0.05) is 19.9 Å². The Morgan fingerprint density at radius 2 is 1.59 bits per heavy atom. The lowest BCUT2D eigenvalue weighted by Gasteiger charge is -2.18. The second-order valence-electron chi connectivity index (χ2n) is 5.30. The molecule has 0 aliphatic rings. The summed E-state index contributed by atoms with van der Waals surface area (Å²) in [5.74, 6) is -0.285. The molecule has 0 N–H and O–H groups in total. The van der Waals surface area contributed by atoms with Crippen LogP contribution in [0.15, 0.2) is 36.4 Å². The molecule has 1 nitrogen and oxygen atoms in total. The third kappa shape index (κ3) is 3.24. The molecule has 0 heterocycles. The monoisotopic (exact) mass is 312 g/mol. The average molecular weight is 312 g/mol. The predicted molar refractivity (Wildman–Crippen MR) is 77.5 cm³/mol. The predicted octanol–water partition coefficient (Wildman–Crippen LogP) is 5.64. The zero-order valence-corrected chi connectivity index (χ0v) is 12.5. The first-order chi connectivity index (χ1) is 10.2. The molecule has 2 rings (SSSR count). The van der Waals surface area contributed by atoms with Gasteiger partial charge in [-0.2, -0.15) is 13.2 Å². The molecule has 2 aromatic rings. The maximum atomic E-state index is 13.3. The smallest absolute Gasteiger partial charge is 0.416 e. The second-order valence-corrected chi connectivity index (χ2v) is 5.30. The Balaban J connectivity index is 2.65. The van der Waals surface area contributed by atoms with E-state index in [1.807, 2.05) is 13.8 Å². The molecule has 2 aromatic carbocycles. The van der Waals surface area contributed by atoms with E-state index in [-0.39, 0.29) is 5.92 Å². The van der Waals surface area contributed by atoms with Crippen LogP contribution < -0.4 is 4.74 Å². The molecule has 0 aliphatic carbocycles. The zero-order valence-electron chi connectivity index (χ0n) is 12.5. The van der Waals surface area contributed by atoms with Gasteiger partial charge >= 0.3 is 6.18 Å². The van der Waals surface area contributed by atoms with Gasteiger partial charge in [0.05, 0.1) is 12.7 Å². The van der Waals surface area contributed by atoms with Gasteiger partial charge in [0.2, 0.25) is 0 Å². The van der Waals surface area contributed by atoms with E-state index >= 15 is 0 Å². The molecule has 0 saturated heterocycles. The molecule has 0 amide bonds. The summed E-state index contributed by atoms with van der Waals surface area (Å²) in [5, 5.41) is 0. The van der Waals surface area contributed by atoms with Gasteiger partial charge in [-0.15, -0.1) is 0 Å². The number of alkyl halides is 3. The topological polar surface area (TPSA) is 9.23 Å². The van der Waals surface area contributed by atoms with E-state index in [9.17, 15) is 17.6 Å². The molecule has 22 heavy (non-hydrogen) atoms. The van der Waals surface area contributed by atoms with E-state index in [0.717, 1.165) is 12.1 Å². The van der Waals surface area contributed by atoms with Crippen molar-refractivity contribution in [2.24, 2.45) is 0 Å². The quantitative estimate of drug-likeness (QED) is 0.666. The number of hydrogen-bond acceptors (Lipinski definition) is 1. The lowest BCUT2D eigenvalue weighted by atomic mass is 9.90. The highest BCUT2D eigenvalue weighted by Gasteiger charge is 2.31. The fourth-order valence-electron chi connectivity index (χ4n) is 2.35. The largest absolute Gasteiger partial charge is 0.496 e. The number of halogens is 4. The Morgan fingerprint density at radius 1 is 0.955 bits per heavy atom. The van der Waals surface area contributed by atoms with Crippen LogP contribution in [-0.4, -0.2) is 7.11 Å². The molecule has 0 radical (unpaired) electrons. The van der Waals surface area contributed by atoms with Crippen LogP contribution in [0.5, 0.6) is 5.75 Å². The van der Waals surface area contributed by atoms with Crippen molar-refractivity contribution in [3.8, 4) is 16.9 Å². The highest BCUT2D eigenvalue weighted by molar-refractivity contribution is 5.74. The molecule has 0 atom stereocenters. The van der Waals surface area contributed by atoms with Gasteiger partial charge in [0.25, 0.3) is 0 Å². The van der Waals surface area contributed by atoms with Crippen molar-refractivity contribution in [2.45, 2.75) is 25.9 Å². The van der Waals surface area contributed by atoms with E-state index in [4.69, 9.17) is 4.74 Å². The fourth-order valence-corrected chi connectivity index (χ4v) is 2.35. The average Bonchev–Trinajstić information content (AvgIpc) is 2.45. The Hall–Kier alpha value is -2.04. The molecule has 0 spiro atoms. The minimum atomic E-state index is -4.39. The third-order valence-electron chi connectivity index (χ3n) is 3.45. The molecule has 0 aromatic heterocycles. The Morgan fingerprint density at radius 3 is 2.14 bits per heavy atom. The summed E-state index contributed by atoms with van der Waals surface area (Å²) in [6.45, 7) is 3.63. The fraction of sp³-hybridized carbons (Fsp3) is 0.294. The van der Waals surface area contributed by atoms with Gasteiger partial charge in [-0.25, -0.2) is 4.39 Å². The molecular formula is C17H16F4O. The summed E-state index contributed by atoms with van der Waals surface area (Å²) in [5.41, 5.74) is 1.03. The van der Waals surface area contributed by atoms with Crippen LogP contribution in [0.4, 0.5) is 17.6 Å². The Bertz CT molecular complexity index is 675. The van der Waals surface area contributed by atoms with Gasteiger partial charge in [0.1, 0.15) is 11.6 Å². The highest BCUT2D eigenvalue weighted by Crippen LogP contribution is 2.39. The SMILES string of the molecule is COc1cc(F)ccc1-c1ccc(C(F)(F)F)cc1C(C)C. The van der Waals surface area contributed by atoms with Crippen LogP contribution in [0.25, 0.3) is 11.1 Å². The van der Waals surface area contributed by atoms with Gasteiger partial charge in [-0.05, 0) is 41.3 Å². The van der Waals surface area contributed by atoms with Crippen molar-refractivity contribution < 1.29 is 22.3 Å². The number of hydrogen-bond donors (Lipinski definition) is 0. The summed E-state index contributed by atoms with van der Waals surface area (Å²) in [4.78, 5) is 0. The maximum Gasteiger partial charge on any atom is 0.416 e. The summed E-state index contributed by atoms with van der Waals surface area (Å²) in [6.07, 6.45) is -4.39. The molecule has 0 saturated carbocycles. The van der Waals surface area contributed by atoms with Crippen LogP contribution in [0.2, 0.25) is 0 Å². The van der Waals surface area contributed by atoms with Gasteiger partial charge in [-0.3, -0.25) is 0 Å². The summed E-state index contributed by atoms with van der Waals surface area (Å²) in [7, 11) is 1.40. The van der Waals surface area contributed by atoms with Gasteiger partial charge in [0.15, 0.2) is 0 Å². The first-order valence-electron chi connectivity index (χ1n) is 6.79. The molecule has 0 aliphatic heterocycles. The van der Waals surface area contributed by atoms with Crippen LogP contribution in [0.1, 0.15) is 30.9 Å². The zero-order chi connectivity index (χ0) is 16.5. The van der Waals surface area contributed by atoms with E-state index in [1.54, 1.807) is 0 Å². The molecule has 0 unspecified atom stereocenters. The normalized spacial score (nSPS) is 11.8. The van der Waals surface area contributed by atoms with E-state index in [2.05, 4.69) is 0 Å².